The summed E-state index contributed by atoms with van der Waals surface area (Å²) < 4.78 is 5.48. The molecule has 3 saturated heterocycles. The summed E-state index contributed by atoms with van der Waals surface area (Å²) in [7, 11) is 0. The number of aliphatic carboxylic acids is 3. The van der Waals surface area contributed by atoms with E-state index < -0.39 is 59.6 Å². The van der Waals surface area contributed by atoms with Gasteiger partial charge in [-0.3, -0.25) is 53.1 Å². The predicted molar refractivity (Wildman–Crippen MR) is 259 cm³/mol. The minimum atomic E-state index is -1.25. The number of likely N-dealkylation sites (tertiary alicyclic amines) is 1. The number of thioether (sulfide) groups is 1. The Morgan fingerprint density at radius 3 is 2.03 bits per heavy atom. The molecule has 1 unspecified atom stereocenters. The summed E-state index contributed by atoms with van der Waals surface area (Å²) >= 11 is 1.47. The second-order valence-electron chi connectivity index (χ2n) is 18.3. The van der Waals surface area contributed by atoms with E-state index in [4.69, 9.17) is 4.74 Å². The van der Waals surface area contributed by atoms with Crippen LogP contribution in [0.3, 0.4) is 0 Å². The molecule has 3 fully saturated rings. The van der Waals surface area contributed by atoms with E-state index in [2.05, 4.69) is 21.3 Å². The van der Waals surface area contributed by atoms with Crippen LogP contribution in [0.15, 0.2) is 24.3 Å². The third kappa shape index (κ3) is 20.9. The summed E-state index contributed by atoms with van der Waals surface area (Å²) in [5.41, 5.74) is 1.08. The van der Waals surface area contributed by atoms with E-state index in [-0.39, 0.29) is 180 Å². The Balaban J connectivity index is 0.0000137. The van der Waals surface area contributed by atoms with E-state index in [1.165, 1.54) is 16.7 Å². The van der Waals surface area contributed by atoms with Crippen molar-refractivity contribution in [2.45, 2.75) is 84.3 Å². The molecule has 1 aromatic rings. The van der Waals surface area contributed by atoms with Crippen LogP contribution in [0.5, 0.6) is 0 Å². The molecule has 0 bridgehead atoms. The second kappa shape index (κ2) is 31.4. The average Bonchev–Trinajstić information content (AvgIpc) is 3.79. The molecule has 23 nitrogen and oxygen atoms in total. The van der Waals surface area contributed by atoms with Crippen molar-refractivity contribution in [3.05, 3.63) is 36.1 Å². The fourth-order valence-electron chi connectivity index (χ4n) is 8.44. The number of carbonyl (C=O) groups excluding carboxylic acids is 7. The van der Waals surface area contributed by atoms with Crippen molar-refractivity contribution in [1.82, 2.24) is 40.4 Å². The molecule has 0 aliphatic carbocycles. The summed E-state index contributed by atoms with van der Waals surface area (Å²) in [6, 6.07) is 3.76. The molecule has 3 heterocycles. The Labute approximate surface area is 456 Å². The van der Waals surface area contributed by atoms with Crippen LogP contribution in [0.1, 0.15) is 71.3 Å². The number of hydrogen-bond donors (Lipinski definition) is 7. The van der Waals surface area contributed by atoms with Gasteiger partial charge in [-0.2, -0.15) is 11.8 Å². The normalized spacial score (nSPS) is 19.3. The number of benzene rings is 1. The van der Waals surface area contributed by atoms with Crippen LogP contribution >= 0.6 is 11.8 Å². The Kier molecular flexibility index (Phi) is 27.0. The summed E-state index contributed by atoms with van der Waals surface area (Å²) in [5, 5.41) is 39.8. The molecular weight excluding hydrogens is 1100 g/mol. The van der Waals surface area contributed by atoms with Crippen LogP contribution in [0.4, 0.5) is 10.5 Å². The molecular formula is C47H70GdN9O14S-. The molecule has 402 valence electrons. The number of carbonyl (C=O) groups is 10. The molecule has 4 rings (SSSR count). The van der Waals surface area contributed by atoms with Crippen molar-refractivity contribution in [1.29, 1.82) is 0 Å². The summed E-state index contributed by atoms with van der Waals surface area (Å²) in [4.78, 5) is 134. The van der Waals surface area contributed by atoms with Crippen LogP contribution in [-0.4, -0.2) is 202 Å². The van der Waals surface area contributed by atoms with Crippen molar-refractivity contribution in [2.75, 3.05) is 95.9 Å². The number of nitrogens with one attached hydrogen (secondary N) is 4. The number of nitrogens with zero attached hydrogens (tertiary/aromatic N) is 5. The van der Waals surface area contributed by atoms with E-state index in [1.807, 2.05) is 13.2 Å². The molecule has 6 amide bonds. The van der Waals surface area contributed by atoms with E-state index in [0.29, 0.717) is 42.5 Å². The minimum absolute atomic E-state index is 0. The number of urea groups is 1. The van der Waals surface area contributed by atoms with Crippen molar-refractivity contribution in [2.24, 2.45) is 17.8 Å². The van der Waals surface area contributed by atoms with Gasteiger partial charge in [0.15, 0.2) is 5.78 Å². The number of carboxylic acids is 3. The number of rotatable bonds is 26. The van der Waals surface area contributed by atoms with Crippen LogP contribution in [-0.2, 0) is 54.4 Å². The molecule has 7 N–H and O–H groups in total. The molecule has 3 aliphatic rings. The van der Waals surface area contributed by atoms with Crippen LogP contribution in [0, 0.1) is 63.9 Å². The topological polar surface area (TPSA) is 305 Å². The fourth-order valence-corrected chi connectivity index (χ4v) is 8.91. The van der Waals surface area contributed by atoms with E-state index in [9.17, 15) is 63.3 Å². The van der Waals surface area contributed by atoms with Gasteiger partial charge in [-0.25, -0.2) is 9.59 Å². The van der Waals surface area contributed by atoms with Gasteiger partial charge < -0.3 is 51.1 Å². The average molecular weight is 1170 g/mol. The van der Waals surface area contributed by atoms with Gasteiger partial charge in [0, 0.05) is 116 Å². The maximum absolute atomic E-state index is 13.8. The van der Waals surface area contributed by atoms with E-state index in [1.54, 1.807) is 57.7 Å². The molecule has 25 heteroatoms. The fraction of sp³-hybridized carbons (Fsp3) is 0.638. The minimum Gasteiger partial charge on any atom is -0.617 e. The molecule has 1 aromatic carbocycles. The van der Waals surface area contributed by atoms with Gasteiger partial charge in [0.2, 0.25) is 23.6 Å². The Morgan fingerprint density at radius 1 is 0.833 bits per heavy atom. The number of imide groups is 1. The molecule has 3 aliphatic heterocycles. The van der Waals surface area contributed by atoms with Crippen molar-refractivity contribution in [3.8, 4) is 0 Å². The zero-order chi connectivity index (χ0) is 52.2. The molecule has 72 heavy (non-hydrogen) atoms. The van der Waals surface area contributed by atoms with Gasteiger partial charge in [0.1, 0.15) is 6.04 Å². The van der Waals surface area contributed by atoms with Crippen molar-refractivity contribution >= 4 is 76.8 Å². The smallest absolute Gasteiger partial charge is 0.326 e. The summed E-state index contributed by atoms with van der Waals surface area (Å²) in [6.07, 6.45) is 3.61. The molecule has 0 aromatic heterocycles. The van der Waals surface area contributed by atoms with Gasteiger partial charge in [0.25, 0.3) is 5.97 Å². The first-order chi connectivity index (χ1) is 33.8. The summed E-state index contributed by atoms with van der Waals surface area (Å²) in [6.45, 7) is 6.59. The zero-order valence-electron chi connectivity index (χ0n) is 41.4. The quantitative estimate of drug-likeness (QED) is 0.0291. The second-order valence-corrected chi connectivity index (χ2v) is 19.3. The number of fused-ring (bicyclic) bond motifs is 1. The van der Waals surface area contributed by atoms with E-state index >= 15 is 0 Å². The van der Waals surface area contributed by atoms with Gasteiger partial charge in [0.05, 0.1) is 32.2 Å². The predicted octanol–water partition coefficient (Wildman–Crippen LogP) is 0.739. The van der Waals surface area contributed by atoms with Gasteiger partial charge in [-0.05, 0) is 67.9 Å². The monoisotopic (exact) mass is 1170 g/mol. The number of amides is 6. The van der Waals surface area contributed by atoms with Crippen molar-refractivity contribution < 1.29 is 108 Å². The maximum Gasteiger partial charge on any atom is 0.326 e. The van der Waals surface area contributed by atoms with Gasteiger partial charge in [-0.1, -0.05) is 52.1 Å². The number of carboxylic acid groups (broad SMARTS) is 3. The molecule has 0 radical (unpaired) electrons. The molecule has 0 saturated carbocycles. The molecule has 5 atom stereocenters. The largest absolute Gasteiger partial charge is 0.617 e. The Bertz CT molecular complexity index is 2050. The van der Waals surface area contributed by atoms with Gasteiger partial charge in [-0.15, -0.1) is 0 Å². The van der Waals surface area contributed by atoms with Crippen LogP contribution in [0.2, 0.25) is 0 Å². The molecule has 0 spiro atoms. The SMILES string of the molecule is CC[C@H](C)[C@H](CC(=O)[C@H](CCSC)NC(=O)Nc1ccc(CNC(=O)CN2CCN(CC(=O)O)CCN(CC(=O)O)CCN3CC(=O)O[C-]3C2)cc1)C(=O)N[C@@H](CCCCN1C(=O)CC(C)C1=O)C(=O)O.[Gd]. The number of hydrogen-bond acceptors (Lipinski definition) is 16. The van der Waals surface area contributed by atoms with Gasteiger partial charge >= 0.3 is 23.9 Å². The first-order valence-corrected chi connectivity index (χ1v) is 25.4. The first-order valence-electron chi connectivity index (χ1n) is 24.0. The number of esters is 1. The van der Waals surface area contributed by atoms with Crippen LogP contribution in [0.25, 0.3) is 0 Å². The maximum atomic E-state index is 13.8. The number of Topliss-reactive ketones (excluding diaryl/α,β-unsaturated/α-hetero) is 1. The van der Waals surface area contributed by atoms with Crippen LogP contribution < -0.4 is 21.3 Å². The number of unbranched alkanes of at least 4 members (excludes halogenated alkanes) is 1. The zero-order valence-corrected chi connectivity index (χ0v) is 44.5. The standard InChI is InChI=1S/C47H70N9O14S.Gd/c1-5-30(2)34(44(65)50-36(46(67)68)8-6-7-14-56-39(59)22-31(3)45(56)66)23-37(57)35(13-21-71-4)51-47(69)49-33-11-9-32(10-12-33)24-48-38(58)25-54-18-17-52(27-41(60)61)15-16-53(28-42(62)63)19-20-55-29-43(64)70-40(55)26-54;/h9-12,30-31,34-36H,5-8,13-29H2,1-4H3,(H,48,58)(H,50,65)(H,60,61)(H,62,63)(H,67,68)(H2,49,51,69);/q-1;/t30-,31?,34-,35-,36-;/m0./s1. The third-order valence-corrected chi connectivity index (χ3v) is 13.4. The first kappa shape index (κ1) is 61.9. The Hall–Kier alpha value is -4.37. The van der Waals surface area contributed by atoms with Crippen molar-refractivity contribution in [3.63, 3.8) is 0 Å². The number of anilines is 1. The van der Waals surface area contributed by atoms with E-state index in [0.717, 1.165) is 0 Å². The Morgan fingerprint density at radius 2 is 1.46 bits per heavy atom. The number of ether oxygens (including phenoxy) is 1. The third-order valence-electron chi connectivity index (χ3n) is 12.8. The number of ketones is 1. The summed E-state index contributed by atoms with van der Waals surface area (Å²) in [5.74, 6) is -6.73.